The smallest absolute Gasteiger partial charge is 0.159 e. The predicted octanol–water partition coefficient (Wildman–Crippen LogP) is 15.0. The molecule has 3 aliphatic carbocycles. The summed E-state index contributed by atoms with van der Waals surface area (Å²) in [7, 11) is 0. The van der Waals surface area contributed by atoms with Crippen molar-refractivity contribution in [2.45, 2.75) is 20.6 Å². The van der Waals surface area contributed by atoms with Gasteiger partial charge < -0.3 is 9.32 Å². The normalized spacial score (nSPS) is 16.1. The summed E-state index contributed by atoms with van der Waals surface area (Å²) in [5, 5.41) is 2.17. The van der Waals surface area contributed by atoms with Crippen molar-refractivity contribution >= 4 is 50.8 Å². The summed E-state index contributed by atoms with van der Waals surface area (Å²) in [5.41, 5.74) is 20.6. The van der Waals surface area contributed by atoms with Crippen molar-refractivity contribution < 1.29 is 4.42 Å². The maximum Gasteiger partial charge on any atom is 0.159 e. The van der Waals surface area contributed by atoms with Gasteiger partial charge in [0.15, 0.2) is 5.58 Å². The number of hydrogen-bond acceptors (Lipinski definition) is 5. The van der Waals surface area contributed by atoms with Crippen LogP contribution in [0.2, 0.25) is 0 Å². The molecule has 1 atom stereocenters. The number of fused-ring (bicyclic) bond motifs is 22. The highest BCUT2D eigenvalue weighted by atomic mass is 32.2. The summed E-state index contributed by atoms with van der Waals surface area (Å²) < 4.78 is 6.73. The van der Waals surface area contributed by atoms with E-state index in [0.717, 1.165) is 61.5 Å². The van der Waals surface area contributed by atoms with Crippen LogP contribution in [-0.4, -0.2) is 9.97 Å². The van der Waals surface area contributed by atoms with Gasteiger partial charge in [-0.1, -0.05) is 157 Å². The molecule has 5 heteroatoms. The van der Waals surface area contributed by atoms with Gasteiger partial charge in [0.25, 0.3) is 0 Å². The molecule has 0 N–H and O–H groups in total. The van der Waals surface area contributed by atoms with Crippen molar-refractivity contribution in [3.05, 3.63) is 257 Å². The van der Waals surface area contributed by atoms with Crippen LogP contribution in [0, 0.1) is 0 Å². The zero-order valence-electron chi connectivity index (χ0n) is 34.9. The molecule has 0 fully saturated rings. The number of nitrogens with zero attached hydrogens (tertiary/aromatic N) is 3. The second-order valence-corrected chi connectivity index (χ2v) is 18.6. The summed E-state index contributed by atoms with van der Waals surface area (Å²) in [6.07, 6.45) is 3.94. The molecule has 11 aromatic rings. The van der Waals surface area contributed by atoms with Crippen LogP contribution < -0.4 is 4.90 Å². The zero-order valence-corrected chi connectivity index (χ0v) is 35.7. The Morgan fingerprint density at radius 2 is 1.02 bits per heavy atom. The molecule has 0 amide bonds. The Hall–Kier alpha value is -7.99. The van der Waals surface area contributed by atoms with Crippen LogP contribution in [0.25, 0.3) is 55.6 Å². The number of benzene rings is 8. The maximum atomic E-state index is 6.73. The number of rotatable bonds is 3. The van der Waals surface area contributed by atoms with Gasteiger partial charge in [0, 0.05) is 38.0 Å². The third kappa shape index (κ3) is 4.39. The average molecular weight is 846 g/mol. The van der Waals surface area contributed by atoms with Crippen molar-refractivity contribution in [2.24, 2.45) is 0 Å². The maximum absolute atomic E-state index is 6.73. The van der Waals surface area contributed by atoms with Gasteiger partial charge in [0.05, 0.1) is 39.8 Å². The molecule has 4 heterocycles. The number of anilines is 3. The first-order chi connectivity index (χ1) is 32.2. The van der Waals surface area contributed by atoms with Gasteiger partial charge in [0.2, 0.25) is 0 Å². The molecule has 0 bridgehead atoms. The molecule has 1 aliphatic heterocycles. The Morgan fingerprint density at radius 1 is 0.400 bits per heavy atom. The lowest BCUT2D eigenvalue weighted by Crippen LogP contribution is -2.33. The minimum Gasteiger partial charge on any atom is -0.454 e. The van der Waals surface area contributed by atoms with Gasteiger partial charge in [-0.05, 0) is 116 Å². The third-order valence-electron chi connectivity index (χ3n) is 14.6. The van der Waals surface area contributed by atoms with Crippen LogP contribution in [0.4, 0.5) is 17.1 Å². The molecule has 302 valence electrons. The van der Waals surface area contributed by atoms with Crippen molar-refractivity contribution in [1.29, 1.82) is 0 Å². The summed E-state index contributed by atoms with van der Waals surface area (Å²) in [5.74, 6) is 0. The quantitative estimate of drug-likeness (QED) is 0.177. The zero-order chi connectivity index (χ0) is 42.4. The Balaban J connectivity index is 1.03. The molecular weight excluding hydrogens is 811 g/mol. The monoisotopic (exact) mass is 845 g/mol. The van der Waals surface area contributed by atoms with Gasteiger partial charge in [0.1, 0.15) is 5.58 Å². The van der Waals surface area contributed by atoms with E-state index in [-0.39, 0.29) is 0 Å². The van der Waals surface area contributed by atoms with Gasteiger partial charge in [-0.2, -0.15) is 0 Å². The van der Waals surface area contributed by atoms with E-state index in [2.05, 4.69) is 193 Å². The highest BCUT2D eigenvalue weighted by Crippen LogP contribution is 2.67. The van der Waals surface area contributed by atoms with Crippen LogP contribution in [0.3, 0.4) is 0 Å². The second-order valence-electron chi connectivity index (χ2n) is 17.5. The molecule has 4 aliphatic rings. The lowest BCUT2D eigenvalue weighted by atomic mass is 9.66. The molecule has 1 unspecified atom stereocenters. The van der Waals surface area contributed by atoms with Crippen LogP contribution >= 0.6 is 11.8 Å². The highest BCUT2D eigenvalue weighted by molar-refractivity contribution is 7.99. The largest absolute Gasteiger partial charge is 0.454 e. The van der Waals surface area contributed by atoms with Gasteiger partial charge in [-0.3, -0.25) is 9.97 Å². The minimum absolute atomic E-state index is 0.450. The van der Waals surface area contributed by atoms with Crippen molar-refractivity contribution in [1.82, 2.24) is 9.97 Å². The first-order valence-electron chi connectivity index (χ1n) is 22.2. The number of hydrogen-bond donors (Lipinski definition) is 0. The summed E-state index contributed by atoms with van der Waals surface area (Å²) in [6, 6.07) is 73.5. The summed E-state index contributed by atoms with van der Waals surface area (Å²) in [6.45, 7) is 0. The topological polar surface area (TPSA) is 42.2 Å². The molecule has 4 nitrogen and oxygen atoms in total. The van der Waals surface area contributed by atoms with E-state index in [1.807, 2.05) is 36.3 Å². The average Bonchev–Trinajstić information content (AvgIpc) is 4.07. The SMILES string of the molecule is c1ccc(N(c2cnc3c(c2)C2(c4ccccc4Sc4cc5c(cc42)-c2ccccc2C52c4ccccc4-c4ccccc42)c2cccnc2-3)c2cccc3c2oc2ccccc23)cc1. The van der Waals surface area contributed by atoms with Crippen molar-refractivity contribution in [3.8, 4) is 33.6 Å². The third-order valence-corrected chi connectivity index (χ3v) is 15.8. The summed E-state index contributed by atoms with van der Waals surface area (Å²) >= 11 is 1.89. The number of furan rings is 1. The molecule has 15 rings (SSSR count). The Kier molecular flexibility index (Phi) is 6.99. The van der Waals surface area contributed by atoms with E-state index in [1.54, 1.807) is 0 Å². The fourth-order valence-corrected chi connectivity index (χ4v) is 13.4. The highest BCUT2D eigenvalue weighted by Gasteiger charge is 2.56. The fraction of sp³-hybridized carbons (Fsp3) is 0.0333. The molecule has 65 heavy (non-hydrogen) atoms. The van der Waals surface area contributed by atoms with Gasteiger partial charge in [-0.15, -0.1) is 0 Å². The Labute approximate surface area is 379 Å². The number of aromatic nitrogens is 2. The summed E-state index contributed by atoms with van der Waals surface area (Å²) in [4.78, 5) is 15.4. The van der Waals surface area contributed by atoms with Crippen LogP contribution in [-0.2, 0) is 10.8 Å². The molecule has 0 radical (unpaired) electrons. The van der Waals surface area contributed by atoms with Crippen LogP contribution in [0.1, 0.15) is 44.5 Å². The number of para-hydroxylation sites is 3. The second kappa shape index (κ2) is 12.8. The molecule has 8 aromatic carbocycles. The fourth-order valence-electron chi connectivity index (χ4n) is 12.2. The lowest BCUT2D eigenvalue weighted by Gasteiger charge is -2.40. The molecule has 0 saturated heterocycles. The molecule has 3 aromatic heterocycles. The number of pyridine rings is 2. The van der Waals surface area contributed by atoms with Gasteiger partial charge in [-0.25, -0.2) is 0 Å². The lowest BCUT2D eigenvalue weighted by molar-refractivity contribution is 0.669. The van der Waals surface area contributed by atoms with E-state index in [4.69, 9.17) is 14.4 Å². The first-order valence-corrected chi connectivity index (χ1v) is 23.0. The standard InChI is InChI=1S/C60H35N3OS/c1-2-16-36(17-3-1)63(52-28-14-22-42-41-21-7-12-29-53(41)64-58(42)52)37-32-51-57(62-35-37)56-48(27-15-31-61-56)60(51)47-26-11-13-30-54(47)65-55-34-49-43(33-50(55)60)40-20-6-10-25-46(40)59(49)44-23-8-4-18-38(44)39-19-5-9-24-45(39)59/h1-35H. The van der Waals surface area contributed by atoms with Crippen molar-refractivity contribution in [3.63, 3.8) is 0 Å². The van der Waals surface area contributed by atoms with Crippen LogP contribution in [0.15, 0.2) is 227 Å². The molecule has 0 saturated carbocycles. The van der Waals surface area contributed by atoms with E-state index >= 15 is 0 Å². The Bertz CT molecular complexity index is 3810. The van der Waals surface area contributed by atoms with E-state index in [0.29, 0.717) is 0 Å². The van der Waals surface area contributed by atoms with Crippen molar-refractivity contribution in [2.75, 3.05) is 4.90 Å². The first kappa shape index (κ1) is 35.5. The Morgan fingerprint density at radius 3 is 1.80 bits per heavy atom. The van der Waals surface area contributed by atoms with E-state index in [9.17, 15) is 0 Å². The van der Waals surface area contributed by atoms with E-state index in [1.165, 1.54) is 65.4 Å². The van der Waals surface area contributed by atoms with Crippen LogP contribution in [0.5, 0.6) is 0 Å². The molecular formula is C60H35N3OS. The predicted molar refractivity (Wildman–Crippen MR) is 262 cm³/mol. The van der Waals surface area contributed by atoms with E-state index < -0.39 is 10.8 Å². The molecule has 2 spiro atoms. The van der Waals surface area contributed by atoms with Gasteiger partial charge >= 0.3 is 0 Å². The minimum atomic E-state index is -0.724.